The van der Waals surface area contributed by atoms with E-state index in [1.165, 1.54) is 5.56 Å². The van der Waals surface area contributed by atoms with Gasteiger partial charge in [-0.1, -0.05) is 50.9 Å². The van der Waals surface area contributed by atoms with Crippen LogP contribution in [-0.2, 0) is 39.1 Å². The Balaban J connectivity index is 0.00000300. The summed E-state index contributed by atoms with van der Waals surface area (Å²) in [5, 5.41) is 10.3. The van der Waals surface area contributed by atoms with E-state index in [2.05, 4.69) is 29.1 Å². The second-order valence-electron chi connectivity index (χ2n) is 7.98. The standard InChI is InChI=1S/C24H31N2O2.Y/c1-3-4-5-11-24(27)23-14-12-18(17-26-23)20-13-15-22(25-2)21(20)10-6-8-19-9-7-16-28-19;/h7,9,12,14,17,20-22,24,27H,3-6,8,10-11,13,15H2,1H3;/q-1;. The molecule has 2 aromatic heterocycles. The SMILES string of the molecule is [C-]#[N+]C1CCC(c2ccc(C(O)CCCCC)nc2)C1CCCc1cc[c-]o1.[Y]. The zero-order valence-corrected chi connectivity index (χ0v) is 20.2. The van der Waals surface area contributed by atoms with Gasteiger partial charge in [0.25, 0.3) is 0 Å². The number of aliphatic hydroxyl groups excluding tert-OH is 1. The van der Waals surface area contributed by atoms with E-state index in [1.807, 2.05) is 18.3 Å². The molecule has 1 N–H and O–H groups in total. The van der Waals surface area contributed by atoms with Crippen LogP contribution in [0.4, 0.5) is 0 Å². The number of aryl methyl sites for hydroxylation is 1. The molecule has 2 heterocycles. The van der Waals surface area contributed by atoms with Gasteiger partial charge in [0, 0.05) is 51.2 Å². The zero-order valence-electron chi connectivity index (χ0n) is 17.4. The molecule has 0 bridgehead atoms. The van der Waals surface area contributed by atoms with E-state index < -0.39 is 6.10 Å². The van der Waals surface area contributed by atoms with E-state index in [9.17, 15) is 5.11 Å². The Bertz CT molecular complexity index is 739. The van der Waals surface area contributed by atoms with E-state index in [-0.39, 0.29) is 38.8 Å². The molecule has 1 fully saturated rings. The summed E-state index contributed by atoms with van der Waals surface area (Å²) in [5.74, 6) is 1.73. The number of aliphatic hydroxyl groups is 1. The van der Waals surface area contributed by atoms with E-state index >= 15 is 0 Å². The summed E-state index contributed by atoms with van der Waals surface area (Å²) in [6.45, 7) is 9.75. The van der Waals surface area contributed by atoms with Gasteiger partial charge < -0.3 is 14.4 Å². The minimum Gasteiger partial charge on any atom is -0.596 e. The first-order chi connectivity index (χ1) is 13.7. The van der Waals surface area contributed by atoms with Crippen LogP contribution in [-0.4, -0.2) is 16.1 Å². The first-order valence-electron chi connectivity index (χ1n) is 10.7. The Hall–Kier alpha value is -1.02. The number of pyridine rings is 1. The molecule has 5 heteroatoms. The van der Waals surface area contributed by atoms with Crippen LogP contribution in [0.25, 0.3) is 4.85 Å². The van der Waals surface area contributed by atoms with E-state index in [0.717, 1.165) is 69.2 Å². The topological polar surface area (TPSA) is 50.6 Å². The summed E-state index contributed by atoms with van der Waals surface area (Å²) in [6, 6.07) is 7.98. The van der Waals surface area contributed by atoms with E-state index in [0.29, 0.717) is 11.8 Å². The van der Waals surface area contributed by atoms with Gasteiger partial charge in [0.05, 0.1) is 11.8 Å². The van der Waals surface area contributed by atoms with Crippen LogP contribution in [0.1, 0.15) is 87.3 Å². The van der Waals surface area contributed by atoms with Gasteiger partial charge >= 0.3 is 0 Å². The predicted octanol–water partition coefficient (Wildman–Crippen LogP) is 5.89. The number of hydrogen-bond acceptors (Lipinski definition) is 3. The smallest absolute Gasteiger partial charge is 0.227 e. The zero-order chi connectivity index (χ0) is 19.8. The first-order valence-corrected chi connectivity index (χ1v) is 10.7. The van der Waals surface area contributed by atoms with Crippen LogP contribution in [0, 0.1) is 18.8 Å². The fourth-order valence-electron chi connectivity index (χ4n) is 4.50. The van der Waals surface area contributed by atoms with E-state index in [4.69, 9.17) is 11.0 Å². The third-order valence-electron chi connectivity index (χ3n) is 6.10. The third kappa shape index (κ3) is 6.74. The Labute approximate surface area is 200 Å². The number of aromatic nitrogens is 1. The molecule has 0 saturated heterocycles. The van der Waals surface area contributed by atoms with Crippen molar-refractivity contribution in [2.24, 2.45) is 5.92 Å². The monoisotopic (exact) mass is 468 g/mol. The van der Waals surface area contributed by atoms with Crippen molar-refractivity contribution < 1.29 is 42.2 Å². The van der Waals surface area contributed by atoms with Crippen LogP contribution in [0.3, 0.4) is 0 Å². The molecular formula is C24H31N2O2Y-. The Morgan fingerprint density at radius 1 is 1.28 bits per heavy atom. The van der Waals surface area contributed by atoms with Crippen LogP contribution < -0.4 is 0 Å². The molecular weight excluding hydrogens is 437 g/mol. The number of hydrogen-bond donors (Lipinski definition) is 1. The van der Waals surface area contributed by atoms with Gasteiger partial charge in [-0.25, -0.2) is 6.57 Å². The van der Waals surface area contributed by atoms with Crippen molar-refractivity contribution in [3.05, 3.63) is 65.2 Å². The Kier molecular flexibility index (Phi) is 10.6. The fourth-order valence-corrected chi connectivity index (χ4v) is 4.50. The van der Waals surface area contributed by atoms with Crippen molar-refractivity contribution in [1.29, 1.82) is 0 Å². The average molecular weight is 468 g/mol. The van der Waals surface area contributed by atoms with Crippen LogP contribution in [0.2, 0.25) is 0 Å². The Morgan fingerprint density at radius 3 is 2.79 bits per heavy atom. The summed E-state index contributed by atoms with van der Waals surface area (Å²) < 4.78 is 5.31. The first kappa shape index (κ1) is 24.3. The number of nitrogens with zero attached hydrogens (tertiary/aromatic N) is 2. The van der Waals surface area contributed by atoms with Gasteiger partial charge in [-0.15, -0.1) is 6.07 Å². The van der Waals surface area contributed by atoms with Crippen molar-refractivity contribution >= 4 is 0 Å². The maximum absolute atomic E-state index is 10.3. The maximum atomic E-state index is 10.3. The molecule has 0 aliphatic heterocycles. The van der Waals surface area contributed by atoms with Crippen LogP contribution in [0.5, 0.6) is 0 Å². The molecule has 2 aromatic rings. The minimum absolute atomic E-state index is 0. The maximum Gasteiger partial charge on any atom is 0.227 e. The normalized spacial score (nSPS) is 22.0. The van der Waals surface area contributed by atoms with Crippen molar-refractivity contribution in [1.82, 2.24) is 4.98 Å². The average Bonchev–Trinajstić information content (AvgIpc) is 3.38. The van der Waals surface area contributed by atoms with Crippen molar-refractivity contribution in [3.63, 3.8) is 0 Å². The second kappa shape index (κ2) is 12.6. The molecule has 1 aliphatic rings. The largest absolute Gasteiger partial charge is 0.596 e. The molecule has 4 nitrogen and oxygen atoms in total. The summed E-state index contributed by atoms with van der Waals surface area (Å²) in [6.07, 6.45) is 13.3. The molecule has 1 radical (unpaired) electrons. The van der Waals surface area contributed by atoms with Crippen molar-refractivity contribution in [2.45, 2.75) is 82.8 Å². The van der Waals surface area contributed by atoms with Gasteiger partial charge in [-0.05, 0) is 43.1 Å². The Morgan fingerprint density at radius 2 is 2.14 bits per heavy atom. The molecule has 0 amide bonds. The summed E-state index contributed by atoms with van der Waals surface area (Å²) >= 11 is 0. The molecule has 29 heavy (non-hydrogen) atoms. The fraction of sp³-hybridized carbons (Fsp3) is 0.583. The van der Waals surface area contributed by atoms with E-state index in [1.54, 1.807) is 6.07 Å². The quantitative estimate of drug-likeness (QED) is 0.350. The predicted molar refractivity (Wildman–Crippen MR) is 110 cm³/mol. The van der Waals surface area contributed by atoms with Gasteiger partial charge in [0.1, 0.15) is 0 Å². The van der Waals surface area contributed by atoms with Crippen molar-refractivity contribution in [3.8, 4) is 0 Å². The van der Waals surface area contributed by atoms with Gasteiger partial charge in [0.2, 0.25) is 6.04 Å². The molecule has 4 atom stereocenters. The molecule has 1 aliphatic carbocycles. The molecule has 0 spiro atoms. The summed E-state index contributed by atoms with van der Waals surface area (Å²) in [4.78, 5) is 8.47. The number of rotatable bonds is 10. The third-order valence-corrected chi connectivity index (χ3v) is 6.10. The molecule has 3 rings (SSSR count). The molecule has 153 valence electrons. The minimum atomic E-state index is -0.471. The second-order valence-corrected chi connectivity index (χ2v) is 7.98. The van der Waals surface area contributed by atoms with Gasteiger partial charge in [-0.2, -0.15) is 6.07 Å². The van der Waals surface area contributed by atoms with Crippen LogP contribution in [0.15, 0.2) is 34.9 Å². The number of unbranched alkanes of at least 4 members (excludes halogenated alkanes) is 2. The summed E-state index contributed by atoms with van der Waals surface area (Å²) in [5.41, 5.74) is 1.98. The van der Waals surface area contributed by atoms with Gasteiger partial charge in [-0.3, -0.25) is 4.98 Å². The van der Waals surface area contributed by atoms with Gasteiger partial charge in [0.15, 0.2) is 0 Å². The molecule has 4 unspecified atom stereocenters. The van der Waals surface area contributed by atoms with Crippen molar-refractivity contribution in [2.75, 3.05) is 0 Å². The summed E-state index contributed by atoms with van der Waals surface area (Å²) in [7, 11) is 0. The molecule has 0 aromatic carbocycles. The van der Waals surface area contributed by atoms with Crippen LogP contribution >= 0.6 is 0 Å². The molecule has 1 saturated carbocycles. The number of furan rings is 1.